The molecule has 0 fully saturated rings. The number of ether oxygens (including phenoxy) is 1. The van der Waals surface area contributed by atoms with Crippen molar-refractivity contribution in [3.63, 3.8) is 0 Å². The van der Waals surface area contributed by atoms with E-state index in [0.717, 1.165) is 0 Å². The van der Waals surface area contributed by atoms with Gasteiger partial charge in [0, 0.05) is 13.2 Å². The average Bonchev–Trinajstić information content (AvgIpc) is 2.16. The van der Waals surface area contributed by atoms with Gasteiger partial charge in [0.2, 0.25) is 0 Å². The van der Waals surface area contributed by atoms with Crippen LogP contribution >= 0.6 is 0 Å². The molecule has 0 atom stereocenters. The van der Waals surface area contributed by atoms with Gasteiger partial charge in [-0.1, -0.05) is 6.92 Å². The molecule has 0 spiro atoms. The molecule has 0 heterocycles. The van der Waals surface area contributed by atoms with E-state index in [0.29, 0.717) is 19.3 Å². The third kappa shape index (κ3) is 2.97. The van der Waals surface area contributed by atoms with E-state index in [1.54, 1.807) is 0 Å². The topological polar surface area (TPSA) is 66.8 Å². The Balaban J connectivity index is 4.52. The third-order valence-corrected chi connectivity index (χ3v) is 2.48. The number of esters is 1. The summed E-state index contributed by atoms with van der Waals surface area (Å²) < 4.78 is 4.65. The van der Waals surface area contributed by atoms with E-state index in [2.05, 4.69) is 4.74 Å². The van der Waals surface area contributed by atoms with Gasteiger partial charge >= 0.3 is 5.97 Å². The van der Waals surface area contributed by atoms with Gasteiger partial charge < -0.3 is 14.9 Å². The van der Waals surface area contributed by atoms with Crippen LogP contribution in [0, 0.1) is 5.41 Å². The first-order valence-corrected chi connectivity index (χ1v) is 4.47. The molecular formula is C9H18O4. The van der Waals surface area contributed by atoms with Crippen molar-refractivity contribution in [2.75, 3.05) is 20.3 Å². The zero-order chi connectivity index (χ0) is 10.3. The minimum absolute atomic E-state index is 0.0665. The maximum atomic E-state index is 11.4. The summed E-state index contributed by atoms with van der Waals surface area (Å²) in [4.78, 5) is 11.4. The molecule has 0 aromatic rings. The fourth-order valence-corrected chi connectivity index (χ4v) is 1.47. The lowest BCUT2D eigenvalue weighted by Gasteiger charge is -2.28. The molecule has 0 saturated carbocycles. The molecule has 0 bridgehead atoms. The molecule has 4 heteroatoms. The number of rotatable bonds is 6. The predicted molar refractivity (Wildman–Crippen MR) is 48.1 cm³/mol. The van der Waals surface area contributed by atoms with Crippen molar-refractivity contribution >= 4 is 5.97 Å². The predicted octanol–water partition coefficient (Wildman–Crippen LogP) is 0.321. The molecule has 0 saturated heterocycles. The highest BCUT2D eigenvalue weighted by molar-refractivity contribution is 5.76. The van der Waals surface area contributed by atoms with Crippen LogP contribution in [0.2, 0.25) is 0 Å². The Labute approximate surface area is 78.5 Å². The molecule has 0 aliphatic rings. The van der Waals surface area contributed by atoms with E-state index in [1.165, 1.54) is 7.11 Å². The molecule has 78 valence electrons. The first-order chi connectivity index (χ1) is 6.16. The smallest absolute Gasteiger partial charge is 0.311 e. The number of aliphatic hydroxyl groups is 2. The van der Waals surface area contributed by atoms with E-state index >= 15 is 0 Å². The molecule has 2 N–H and O–H groups in total. The minimum atomic E-state index is -0.710. The summed E-state index contributed by atoms with van der Waals surface area (Å²) >= 11 is 0. The van der Waals surface area contributed by atoms with Crippen molar-refractivity contribution in [2.45, 2.75) is 26.2 Å². The molecule has 0 aliphatic carbocycles. The van der Waals surface area contributed by atoms with E-state index in [-0.39, 0.29) is 19.2 Å². The summed E-state index contributed by atoms with van der Waals surface area (Å²) in [6, 6.07) is 0. The Bertz CT molecular complexity index is 150. The molecule has 0 radical (unpaired) electrons. The highest BCUT2D eigenvalue weighted by Crippen LogP contribution is 2.31. The van der Waals surface area contributed by atoms with Gasteiger partial charge in [-0.3, -0.25) is 4.79 Å². The summed E-state index contributed by atoms with van der Waals surface area (Å²) in [5, 5.41) is 17.6. The Hall–Kier alpha value is -0.610. The number of hydrogen-bond acceptors (Lipinski definition) is 4. The summed E-state index contributed by atoms with van der Waals surface area (Å²) in [7, 11) is 1.32. The standard InChI is InChI=1S/C9H18O4/c1-3-9(4-6-10,5-7-11)8(12)13-2/h10-11H,3-7H2,1-2H3. The maximum Gasteiger partial charge on any atom is 0.311 e. The minimum Gasteiger partial charge on any atom is -0.469 e. The lowest BCUT2D eigenvalue weighted by Crippen LogP contribution is -2.33. The van der Waals surface area contributed by atoms with Crippen LogP contribution in [0.5, 0.6) is 0 Å². The summed E-state index contributed by atoms with van der Waals surface area (Å²) in [6.07, 6.45) is 1.26. The van der Waals surface area contributed by atoms with Crippen LogP contribution in [-0.2, 0) is 9.53 Å². The summed E-state index contributed by atoms with van der Waals surface area (Å²) in [6.45, 7) is 1.72. The second-order valence-corrected chi connectivity index (χ2v) is 3.07. The van der Waals surface area contributed by atoms with Gasteiger partial charge in [0.15, 0.2) is 0 Å². The van der Waals surface area contributed by atoms with Crippen LogP contribution in [0.3, 0.4) is 0 Å². The van der Waals surface area contributed by atoms with E-state index in [4.69, 9.17) is 10.2 Å². The number of carbonyl (C=O) groups is 1. The van der Waals surface area contributed by atoms with E-state index < -0.39 is 5.41 Å². The van der Waals surface area contributed by atoms with Crippen LogP contribution in [0.25, 0.3) is 0 Å². The monoisotopic (exact) mass is 190 g/mol. The van der Waals surface area contributed by atoms with Crippen LogP contribution in [-0.4, -0.2) is 36.5 Å². The van der Waals surface area contributed by atoms with Gasteiger partial charge in [0.05, 0.1) is 12.5 Å². The van der Waals surface area contributed by atoms with Gasteiger partial charge in [-0.15, -0.1) is 0 Å². The van der Waals surface area contributed by atoms with Crippen LogP contribution < -0.4 is 0 Å². The van der Waals surface area contributed by atoms with Gasteiger partial charge in [-0.25, -0.2) is 0 Å². The molecular weight excluding hydrogens is 172 g/mol. The Morgan fingerprint density at radius 2 is 1.77 bits per heavy atom. The highest BCUT2D eigenvalue weighted by atomic mass is 16.5. The van der Waals surface area contributed by atoms with Gasteiger partial charge in [-0.2, -0.15) is 0 Å². The highest BCUT2D eigenvalue weighted by Gasteiger charge is 2.36. The normalized spacial score (nSPS) is 11.4. The molecule has 0 aliphatic heterocycles. The van der Waals surface area contributed by atoms with Gasteiger partial charge in [0.25, 0.3) is 0 Å². The lowest BCUT2D eigenvalue weighted by molar-refractivity contribution is -0.155. The third-order valence-electron chi connectivity index (χ3n) is 2.48. The second kappa shape index (κ2) is 5.94. The second-order valence-electron chi connectivity index (χ2n) is 3.07. The molecule has 13 heavy (non-hydrogen) atoms. The molecule has 0 amide bonds. The molecule has 0 aromatic heterocycles. The first kappa shape index (κ1) is 12.4. The number of methoxy groups -OCH3 is 1. The van der Waals surface area contributed by atoms with Crippen molar-refractivity contribution in [1.29, 1.82) is 0 Å². The van der Waals surface area contributed by atoms with Crippen molar-refractivity contribution in [3.8, 4) is 0 Å². The van der Waals surface area contributed by atoms with Gasteiger partial charge in [-0.05, 0) is 19.3 Å². The van der Waals surface area contributed by atoms with Crippen molar-refractivity contribution in [2.24, 2.45) is 5.41 Å². The van der Waals surface area contributed by atoms with Crippen LogP contribution in [0.15, 0.2) is 0 Å². The average molecular weight is 190 g/mol. The van der Waals surface area contributed by atoms with E-state index in [9.17, 15) is 4.79 Å². The van der Waals surface area contributed by atoms with Crippen LogP contribution in [0.4, 0.5) is 0 Å². The summed E-state index contributed by atoms with van der Waals surface area (Å²) in [5.41, 5.74) is -0.710. The largest absolute Gasteiger partial charge is 0.469 e. The number of aliphatic hydroxyl groups excluding tert-OH is 2. The first-order valence-electron chi connectivity index (χ1n) is 4.47. The molecule has 0 rings (SSSR count). The Morgan fingerprint density at radius 3 is 2.00 bits per heavy atom. The zero-order valence-electron chi connectivity index (χ0n) is 8.25. The van der Waals surface area contributed by atoms with E-state index in [1.807, 2.05) is 6.92 Å². The Morgan fingerprint density at radius 1 is 1.31 bits per heavy atom. The summed E-state index contributed by atoms with van der Waals surface area (Å²) in [5.74, 6) is -0.349. The van der Waals surface area contributed by atoms with Crippen LogP contribution in [0.1, 0.15) is 26.2 Å². The maximum absolute atomic E-state index is 11.4. The fraction of sp³-hybridized carbons (Fsp3) is 0.889. The van der Waals surface area contributed by atoms with Gasteiger partial charge in [0.1, 0.15) is 0 Å². The lowest BCUT2D eigenvalue weighted by atomic mass is 9.79. The quantitative estimate of drug-likeness (QED) is 0.592. The SMILES string of the molecule is CCC(CCO)(CCO)C(=O)OC. The molecule has 0 aromatic carbocycles. The number of hydrogen-bond donors (Lipinski definition) is 2. The fourth-order valence-electron chi connectivity index (χ4n) is 1.47. The zero-order valence-corrected chi connectivity index (χ0v) is 8.25. The van der Waals surface area contributed by atoms with Crippen molar-refractivity contribution in [3.05, 3.63) is 0 Å². The van der Waals surface area contributed by atoms with Crippen molar-refractivity contribution in [1.82, 2.24) is 0 Å². The molecule has 4 nitrogen and oxygen atoms in total. The molecule has 0 unspecified atom stereocenters. The Kier molecular flexibility index (Phi) is 5.66. The number of carbonyl (C=O) groups excluding carboxylic acids is 1. The van der Waals surface area contributed by atoms with Crippen molar-refractivity contribution < 1.29 is 19.7 Å².